The first-order valence-electron chi connectivity index (χ1n) is 14.0. The Labute approximate surface area is 200 Å². The van der Waals surface area contributed by atoms with E-state index in [4.69, 9.17) is 0 Å². The first-order valence-corrected chi connectivity index (χ1v) is 16.0. The molecule has 0 aliphatic rings. The van der Waals surface area contributed by atoms with E-state index in [-0.39, 0.29) is 0 Å². The maximum atomic E-state index is 2.32. The van der Waals surface area contributed by atoms with Crippen LogP contribution in [-0.2, 0) is 0 Å². The van der Waals surface area contributed by atoms with E-state index in [2.05, 4.69) is 13.8 Å². The average molecular weight is 512 g/mol. The quantitative estimate of drug-likeness (QED) is 0.0843. The molecule has 173 valence electrons. The van der Waals surface area contributed by atoms with E-state index >= 15 is 0 Å². The van der Waals surface area contributed by atoms with Gasteiger partial charge in [-0.2, -0.15) is 0 Å². The molecule has 0 aliphatic carbocycles. The van der Waals surface area contributed by atoms with Crippen molar-refractivity contribution in [2.45, 2.75) is 172 Å². The second-order valence-electron chi connectivity index (χ2n) is 9.70. The summed E-state index contributed by atoms with van der Waals surface area (Å²) in [4.78, 5) is 0. The third kappa shape index (κ3) is 24.9. The molecule has 0 fully saturated rings. The molecule has 0 bridgehead atoms. The van der Waals surface area contributed by atoms with Gasteiger partial charge in [-0.1, -0.05) is 104 Å². The van der Waals surface area contributed by atoms with Gasteiger partial charge in [-0.05, 0) is 0 Å². The molecule has 0 aromatic carbocycles. The van der Waals surface area contributed by atoms with Gasteiger partial charge in [-0.15, -0.1) is 0 Å². The van der Waals surface area contributed by atoms with E-state index in [0.29, 0.717) is 0 Å². The van der Waals surface area contributed by atoms with Crippen LogP contribution in [0, 0.1) is 5.92 Å². The van der Waals surface area contributed by atoms with E-state index < -0.39 is 0 Å². The van der Waals surface area contributed by atoms with Crippen molar-refractivity contribution in [2.75, 3.05) is 0 Å². The molecule has 29 heavy (non-hydrogen) atoms. The van der Waals surface area contributed by atoms with Gasteiger partial charge in [0.25, 0.3) is 0 Å². The first-order chi connectivity index (χ1) is 14.3. The van der Waals surface area contributed by atoms with Gasteiger partial charge in [0.15, 0.2) is 0 Å². The minimum absolute atomic E-state index is 1.05. The molecule has 1 heteroatoms. The van der Waals surface area contributed by atoms with E-state index in [1.54, 1.807) is 22.5 Å². The summed E-state index contributed by atoms with van der Waals surface area (Å²) in [5.74, 6) is 1.05. The van der Waals surface area contributed by atoms with Gasteiger partial charge < -0.3 is 0 Å². The Bertz CT molecular complexity index is 259. The fourth-order valence-corrected chi connectivity index (χ4v) is 5.37. The zero-order valence-electron chi connectivity index (χ0n) is 20.8. The van der Waals surface area contributed by atoms with Crippen LogP contribution in [0.2, 0.25) is 4.44 Å². The van der Waals surface area contributed by atoms with Crippen molar-refractivity contribution in [1.82, 2.24) is 0 Å². The number of rotatable bonds is 25. The molecule has 0 aromatic heterocycles. The molecule has 0 atom stereocenters. The van der Waals surface area contributed by atoms with Crippen molar-refractivity contribution < 1.29 is 0 Å². The van der Waals surface area contributed by atoms with Gasteiger partial charge in [0.2, 0.25) is 0 Å². The summed E-state index contributed by atoms with van der Waals surface area (Å²) >= 11 is 1.73. The molecule has 0 rings (SSSR count). The second-order valence-corrected chi connectivity index (χ2v) is 11.1. The van der Waals surface area contributed by atoms with Crippen molar-refractivity contribution in [3.05, 3.63) is 0 Å². The van der Waals surface area contributed by atoms with Crippen LogP contribution in [0.1, 0.15) is 168 Å². The summed E-state index contributed by atoms with van der Waals surface area (Å²) in [5.41, 5.74) is 0. The molecular formula is C28H57Sn. The Balaban J connectivity index is 3.74. The first kappa shape index (κ1) is 29.8. The van der Waals surface area contributed by atoms with Crippen molar-refractivity contribution in [3.8, 4) is 0 Å². The fraction of sp³-hybridized carbons (Fsp3) is 1.00. The molecule has 0 saturated heterocycles. The second kappa shape index (κ2) is 26.8. The summed E-state index contributed by atoms with van der Waals surface area (Å²) in [6.45, 7) is 4.65. The minimum atomic E-state index is 1.05. The van der Waals surface area contributed by atoms with Crippen LogP contribution < -0.4 is 0 Å². The normalized spacial score (nSPS) is 11.6. The maximum absolute atomic E-state index is 2.32. The van der Waals surface area contributed by atoms with Gasteiger partial charge in [-0.3, -0.25) is 0 Å². The third-order valence-corrected chi connectivity index (χ3v) is 7.73. The number of hydrogen-bond acceptors (Lipinski definition) is 0. The Kier molecular flexibility index (Phi) is 27.6. The van der Waals surface area contributed by atoms with Gasteiger partial charge in [-0.25, -0.2) is 0 Å². The molecule has 0 spiro atoms. The van der Waals surface area contributed by atoms with Crippen LogP contribution in [-0.4, -0.2) is 22.5 Å². The number of unbranched alkanes of at least 4 members (excludes halogenated alkanes) is 18. The Morgan fingerprint density at radius 3 is 0.966 bits per heavy atom. The average Bonchev–Trinajstić information content (AvgIpc) is 2.73. The molecule has 0 saturated carbocycles. The molecule has 0 nitrogen and oxygen atoms in total. The summed E-state index contributed by atoms with van der Waals surface area (Å²) in [6, 6.07) is 0. The zero-order chi connectivity index (χ0) is 21.3. The van der Waals surface area contributed by atoms with Crippen molar-refractivity contribution in [1.29, 1.82) is 0 Å². The summed E-state index contributed by atoms with van der Waals surface area (Å²) in [6.07, 6.45) is 35.6. The van der Waals surface area contributed by atoms with Crippen LogP contribution in [0.5, 0.6) is 0 Å². The topological polar surface area (TPSA) is 0 Å². The molecular weight excluding hydrogens is 455 g/mol. The van der Waals surface area contributed by atoms with Gasteiger partial charge in [0.05, 0.1) is 0 Å². The van der Waals surface area contributed by atoms with Gasteiger partial charge >= 0.3 is 97.1 Å². The Hall–Kier alpha value is 0.799. The molecule has 0 N–H and O–H groups in total. The summed E-state index contributed by atoms with van der Waals surface area (Å²) < 4.78 is 1.46. The summed E-state index contributed by atoms with van der Waals surface area (Å²) in [5, 5.41) is 0. The predicted octanol–water partition coefficient (Wildman–Crippen LogP) is 10.6. The molecule has 3 radical (unpaired) electrons. The van der Waals surface area contributed by atoms with Crippen LogP contribution in [0.15, 0.2) is 0 Å². The van der Waals surface area contributed by atoms with Gasteiger partial charge in [0.1, 0.15) is 0 Å². The molecule has 0 amide bonds. The van der Waals surface area contributed by atoms with Crippen LogP contribution >= 0.6 is 0 Å². The SMILES string of the molecule is CCCCCCCCC(CCCCCCCC)CCCCCCCCCC[CH2][Sn]. The van der Waals surface area contributed by atoms with Crippen LogP contribution in [0.25, 0.3) is 0 Å². The van der Waals surface area contributed by atoms with Gasteiger partial charge in [0, 0.05) is 0 Å². The van der Waals surface area contributed by atoms with E-state index in [1.165, 1.54) is 159 Å². The third-order valence-electron chi connectivity index (χ3n) is 6.72. The number of hydrogen-bond donors (Lipinski definition) is 0. The van der Waals surface area contributed by atoms with Crippen LogP contribution in [0.4, 0.5) is 0 Å². The van der Waals surface area contributed by atoms with Crippen LogP contribution in [0.3, 0.4) is 0 Å². The van der Waals surface area contributed by atoms with E-state index in [0.717, 1.165) is 5.92 Å². The fourth-order valence-electron chi connectivity index (χ4n) is 4.66. The Morgan fingerprint density at radius 1 is 0.379 bits per heavy atom. The monoisotopic (exact) mass is 513 g/mol. The molecule has 0 heterocycles. The van der Waals surface area contributed by atoms with E-state index in [9.17, 15) is 0 Å². The Morgan fingerprint density at radius 2 is 0.655 bits per heavy atom. The van der Waals surface area contributed by atoms with Crippen molar-refractivity contribution in [3.63, 3.8) is 0 Å². The molecule has 0 aliphatic heterocycles. The predicted molar refractivity (Wildman–Crippen MR) is 136 cm³/mol. The standard InChI is InChI=1S/C28H57.Sn/c1-4-7-10-13-16-17-18-21-24-27-28(25-22-19-14-11-8-5-2)26-23-20-15-12-9-6-3;/h28H,1,4-27H2,2-3H3;. The van der Waals surface area contributed by atoms with Crippen molar-refractivity contribution >= 4 is 22.5 Å². The zero-order valence-corrected chi connectivity index (χ0v) is 23.6. The molecule has 0 aromatic rings. The summed E-state index contributed by atoms with van der Waals surface area (Å²) in [7, 11) is 0. The van der Waals surface area contributed by atoms with E-state index in [1.807, 2.05) is 0 Å². The molecule has 0 unspecified atom stereocenters. The van der Waals surface area contributed by atoms with Crippen molar-refractivity contribution in [2.24, 2.45) is 5.92 Å².